The van der Waals surface area contributed by atoms with E-state index >= 15 is 0 Å². The predicted octanol–water partition coefficient (Wildman–Crippen LogP) is 2.26. The molecule has 3 heterocycles. The lowest BCUT2D eigenvalue weighted by Crippen LogP contribution is -2.09. The lowest BCUT2D eigenvalue weighted by Gasteiger charge is -2.07. The lowest BCUT2D eigenvalue weighted by atomic mass is 10.3. The largest absolute Gasteiger partial charge is 0.337 e. The Morgan fingerprint density at radius 2 is 2.05 bits per heavy atom. The van der Waals surface area contributed by atoms with Crippen LogP contribution in [0, 0.1) is 6.92 Å². The minimum Gasteiger partial charge on any atom is -0.337 e. The molecular formula is C13H14ClN5. The Morgan fingerprint density at radius 3 is 2.74 bits per heavy atom. The van der Waals surface area contributed by atoms with Crippen LogP contribution in [0.15, 0.2) is 24.5 Å². The van der Waals surface area contributed by atoms with Gasteiger partial charge in [-0.15, -0.1) is 11.6 Å². The summed E-state index contributed by atoms with van der Waals surface area (Å²) in [6.07, 6.45) is 3.71. The number of aromatic nitrogens is 5. The summed E-state index contributed by atoms with van der Waals surface area (Å²) in [4.78, 5) is 13.4. The van der Waals surface area contributed by atoms with Crippen molar-refractivity contribution in [2.24, 2.45) is 7.05 Å². The van der Waals surface area contributed by atoms with Gasteiger partial charge in [-0.1, -0.05) is 0 Å². The third-order valence-corrected chi connectivity index (χ3v) is 3.39. The minimum absolute atomic E-state index is 0.361. The molecule has 6 heteroatoms. The number of pyridine rings is 1. The van der Waals surface area contributed by atoms with E-state index in [2.05, 4.69) is 15.0 Å². The molecule has 98 valence electrons. The normalized spacial score (nSPS) is 11.3. The van der Waals surface area contributed by atoms with Gasteiger partial charge in [0, 0.05) is 25.1 Å². The summed E-state index contributed by atoms with van der Waals surface area (Å²) in [5, 5.41) is 0. The van der Waals surface area contributed by atoms with Crippen molar-refractivity contribution in [3.8, 4) is 0 Å². The standard InChI is InChI=1S/C13H14ClN5/c1-9-3-4-10-13(16-9)19(11(7-14)17-10)8-12-15-5-6-18(12)2/h3-6H,7-8H2,1-2H3. The van der Waals surface area contributed by atoms with Crippen molar-refractivity contribution in [2.75, 3.05) is 0 Å². The Labute approximate surface area is 115 Å². The Kier molecular flexibility index (Phi) is 2.98. The molecule has 0 saturated carbocycles. The van der Waals surface area contributed by atoms with Gasteiger partial charge in [0.2, 0.25) is 0 Å². The second-order valence-corrected chi connectivity index (χ2v) is 4.76. The highest BCUT2D eigenvalue weighted by Crippen LogP contribution is 2.17. The lowest BCUT2D eigenvalue weighted by molar-refractivity contribution is 0.688. The van der Waals surface area contributed by atoms with Gasteiger partial charge in [0.15, 0.2) is 5.65 Å². The van der Waals surface area contributed by atoms with Crippen molar-refractivity contribution < 1.29 is 0 Å². The molecule has 0 unspecified atom stereocenters. The molecule has 0 amide bonds. The summed E-state index contributed by atoms with van der Waals surface area (Å²) in [5.41, 5.74) is 2.70. The molecule has 0 bridgehead atoms. The fourth-order valence-electron chi connectivity index (χ4n) is 2.10. The van der Waals surface area contributed by atoms with Crippen LogP contribution in [0.5, 0.6) is 0 Å². The number of nitrogens with zero attached hydrogens (tertiary/aromatic N) is 5. The molecule has 0 saturated heterocycles. The molecule has 3 aromatic heterocycles. The van der Waals surface area contributed by atoms with E-state index in [4.69, 9.17) is 11.6 Å². The smallest absolute Gasteiger partial charge is 0.160 e. The predicted molar refractivity (Wildman–Crippen MR) is 74.1 cm³/mol. The average Bonchev–Trinajstić information content (AvgIpc) is 2.95. The molecule has 19 heavy (non-hydrogen) atoms. The van der Waals surface area contributed by atoms with E-state index < -0.39 is 0 Å². The number of hydrogen-bond donors (Lipinski definition) is 0. The highest BCUT2D eigenvalue weighted by atomic mass is 35.5. The zero-order valence-corrected chi connectivity index (χ0v) is 11.6. The van der Waals surface area contributed by atoms with Crippen LogP contribution < -0.4 is 0 Å². The zero-order chi connectivity index (χ0) is 13.4. The number of imidazole rings is 2. The van der Waals surface area contributed by atoms with E-state index in [-0.39, 0.29) is 0 Å². The Hall–Kier alpha value is -1.88. The van der Waals surface area contributed by atoms with Crippen molar-refractivity contribution in [1.82, 2.24) is 24.1 Å². The van der Waals surface area contributed by atoms with Crippen molar-refractivity contribution in [3.05, 3.63) is 41.9 Å². The zero-order valence-electron chi connectivity index (χ0n) is 10.8. The Bertz CT molecular complexity index is 728. The number of halogens is 1. The second kappa shape index (κ2) is 4.66. The Balaban J connectivity index is 2.15. The van der Waals surface area contributed by atoms with Crippen LogP contribution in [0.2, 0.25) is 0 Å². The molecule has 5 nitrogen and oxygen atoms in total. The summed E-state index contributed by atoms with van der Waals surface area (Å²) in [6, 6.07) is 3.93. The molecule has 0 atom stereocenters. The molecule has 0 aliphatic heterocycles. The van der Waals surface area contributed by atoms with E-state index in [1.807, 2.05) is 41.4 Å². The van der Waals surface area contributed by atoms with Gasteiger partial charge in [0.25, 0.3) is 0 Å². The summed E-state index contributed by atoms with van der Waals surface area (Å²) in [6.45, 7) is 2.59. The highest BCUT2D eigenvalue weighted by molar-refractivity contribution is 6.16. The van der Waals surface area contributed by atoms with Gasteiger partial charge in [-0.3, -0.25) is 0 Å². The number of rotatable bonds is 3. The molecule has 0 aliphatic carbocycles. The maximum Gasteiger partial charge on any atom is 0.160 e. The first-order chi connectivity index (χ1) is 9.19. The number of aryl methyl sites for hydroxylation is 2. The first-order valence-corrected chi connectivity index (χ1v) is 6.57. The molecule has 0 fully saturated rings. The molecule has 3 aromatic rings. The average molecular weight is 276 g/mol. The van der Waals surface area contributed by atoms with Crippen molar-refractivity contribution >= 4 is 22.8 Å². The van der Waals surface area contributed by atoms with Crippen LogP contribution in [0.4, 0.5) is 0 Å². The third kappa shape index (κ3) is 2.10. The van der Waals surface area contributed by atoms with Gasteiger partial charge < -0.3 is 9.13 Å². The summed E-state index contributed by atoms with van der Waals surface area (Å²) in [7, 11) is 1.97. The van der Waals surface area contributed by atoms with E-state index in [1.165, 1.54) is 0 Å². The maximum atomic E-state index is 5.98. The van der Waals surface area contributed by atoms with Crippen LogP contribution in [0.25, 0.3) is 11.2 Å². The first kappa shape index (κ1) is 12.2. The first-order valence-electron chi connectivity index (χ1n) is 6.04. The summed E-state index contributed by atoms with van der Waals surface area (Å²) >= 11 is 5.98. The number of hydrogen-bond acceptors (Lipinski definition) is 3. The van der Waals surface area contributed by atoms with Gasteiger partial charge >= 0.3 is 0 Å². The molecule has 0 aliphatic rings. The molecule has 0 aromatic carbocycles. The van der Waals surface area contributed by atoms with Crippen LogP contribution >= 0.6 is 11.6 Å². The SMILES string of the molecule is Cc1ccc2nc(CCl)n(Cc3nccn3C)c2n1. The van der Waals surface area contributed by atoms with Crippen LogP contribution in [-0.2, 0) is 19.5 Å². The topological polar surface area (TPSA) is 48.5 Å². The van der Waals surface area contributed by atoms with Gasteiger partial charge in [0.05, 0.1) is 12.4 Å². The van der Waals surface area contributed by atoms with Crippen molar-refractivity contribution in [2.45, 2.75) is 19.3 Å². The van der Waals surface area contributed by atoms with E-state index in [0.29, 0.717) is 12.4 Å². The third-order valence-electron chi connectivity index (χ3n) is 3.15. The molecule has 3 rings (SSSR count). The molecule has 0 spiro atoms. The Morgan fingerprint density at radius 1 is 1.21 bits per heavy atom. The van der Waals surface area contributed by atoms with Gasteiger partial charge in [0.1, 0.15) is 17.2 Å². The van der Waals surface area contributed by atoms with Gasteiger partial charge in [-0.25, -0.2) is 15.0 Å². The van der Waals surface area contributed by atoms with Gasteiger partial charge in [-0.05, 0) is 19.1 Å². The summed E-state index contributed by atoms with van der Waals surface area (Å²) in [5.74, 6) is 2.13. The minimum atomic E-state index is 0.361. The number of fused-ring (bicyclic) bond motifs is 1. The van der Waals surface area contributed by atoms with E-state index in [0.717, 1.165) is 28.5 Å². The molecule has 0 N–H and O–H groups in total. The van der Waals surface area contributed by atoms with Crippen LogP contribution in [0.3, 0.4) is 0 Å². The van der Waals surface area contributed by atoms with E-state index in [9.17, 15) is 0 Å². The van der Waals surface area contributed by atoms with E-state index in [1.54, 1.807) is 6.20 Å². The quantitative estimate of drug-likeness (QED) is 0.689. The van der Waals surface area contributed by atoms with Crippen molar-refractivity contribution in [3.63, 3.8) is 0 Å². The van der Waals surface area contributed by atoms with Crippen LogP contribution in [-0.4, -0.2) is 24.1 Å². The number of alkyl halides is 1. The fraction of sp³-hybridized carbons (Fsp3) is 0.308. The maximum absolute atomic E-state index is 5.98. The van der Waals surface area contributed by atoms with Gasteiger partial charge in [-0.2, -0.15) is 0 Å². The molecular weight excluding hydrogens is 262 g/mol. The van der Waals surface area contributed by atoms with Crippen LogP contribution in [0.1, 0.15) is 17.3 Å². The fourth-order valence-corrected chi connectivity index (χ4v) is 2.31. The summed E-state index contributed by atoms with van der Waals surface area (Å²) < 4.78 is 4.01. The highest BCUT2D eigenvalue weighted by Gasteiger charge is 2.13. The molecule has 0 radical (unpaired) electrons. The second-order valence-electron chi connectivity index (χ2n) is 4.50. The van der Waals surface area contributed by atoms with Crippen molar-refractivity contribution in [1.29, 1.82) is 0 Å². The monoisotopic (exact) mass is 275 g/mol.